The van der Waals surface area contributed by atoms with Crippen molar-refractivity contribution in [3.63, 3.8) is 0 Å². The number of halogens is 2. The van der Waals surface area contributed by atoms with Crippen LogP contribution in [0.15, 0.2) is 60.7 Å². The molecule has 0 amide bonds. The molecule has 0 aliphatic heterocycles. The van der Waals surface area contributed by atoms with E-state index in [2.05, 4.69) is 55.5 Å². The van der Waals surface area contributed by atoms with Gasteiger partial charge in [0, 0.05) is 5.56 Å². The van der Waals surface area contributed by atoms with Crippen LogP contribution in [0, 0.1) is 13.8 Å². The Balaban J connectivity index is 1.98. The van der Waals surface area contributed by atoms with Gasteiger partial charge in [-0.25, -0.2) is 0 Å². The highest BCUT2D eigenvalue weighted by Gasteiger charge is 2.09. The highest BCUT2D eigenvalue weighted by atomic mass is 35.5. The zero-order valence-corrected chi connectivity index (χ0v) is 14.0. The van der Waals surface area contributed by atoms with Gasteiger partial charge in [-0.2, -0.15) is 0 Å². The van der Waals surface area contributed by atoms with Crippen molar-refractivity contribution >= 4 is 23.2 Å². The van der Waals surface area contributed by atoms with E-state index in [-0.39, 0.29) is 0 Å². The molecule has 22 heavy (non-hydrogen) atoms. The van der Waals surface area contributed by atoms with Gasteiger partial charge in [-0.15, -0.1) is 0 Å². The van der Waals surface area contributed by atoms with E-state index in [4.69, 9.17) is 23.2 Å². The zero-order valence-electron chi connectivity index (χ0n) is 12.5. The van der Waals surface area contributed by atoms with Gasteiger partial charge in [0.1, 0.15) is 0 Å². The molecular weight excluding hydrogens is 311 g/mol. The lowest BCUT2D eigenvalue weighted by Gasteiger charge is -2.09. The predicted molar refractivity (Wildman–Crippen MR) is 96.8 cm³/mol. The van der Waals surface area contributed by atoms with E-state index >= 15 is 0 Å². The van der Waals surface area contributed by atoms with Gasteiger partial charge >= 0.3 is 0 Å². The summed E-state index contributed by atoms with van der Waals surface area (Å²) in [5.74, 6) is 0. The minimum absolute atomic E-state index is 0.616. The molecule has 3 rings (SSSR count). The molecule has 0 aliphatic rings. The van der Waals surface area contributed by atoms with E-state index in [1.807, 2.05) is 19.1 Å². The monoisotopic (exact) mass is 326 g/mol. The second-order valence-corrected chi connectivity index (χ2v) is 6.26. The smallest absolute Gasteiger partial charge is 0.0673 e. The first-order valence-electron chi connectivity index (χ1n) is 7.18. The first kappa shape index (κ1) is 15.1. The molecule has 2 heteroatoms. The molecule has 0 saturated heterocycles. The molecule has 0 spiro atoms. The van der Waals surface area contributed by atoms with Gasteiger partial charge in [0.2, 0.25) is 0 Å². The Kier molecular flexibility index (Phi) is 4.24. The van der Waals surface area contributed by atoms with Crippen molar-refractivity contribution in [3.8, 4) is 22.3 Å². The Morgan fingerprint density at radius 1 is 0.545 bits per heavy atom. The van der Waals surface area contributed by atoms with E-state index in [1.54, 1.807) is 0 Å². The molecule has 0 unspecified atom stereocenters. The molecule has 0 bridgehead atoms. The highest BCUT2D eigenvalue weighted by molar-refractivity contribution is 6.44. The maximum absolute atomic E-state index is 6.38. The van der Waals surface area contributed by atoms with Gasteiger partial charge in [0.05, 0.1) is 10.0 Å². The SMILES string of the molecule is Cc1ccc(-c2ccc(-c3ccc(C)c(Cl)c3Cl)cc2)cc1. The summed E-state index contributed by atoms with van der Waals surface area (Å²) in [6.07, 6.45) is 0. The van der Waals surface area contributed by atoms with Crippen LogP contribution in [0.3, 0.4) is 0 Å². The van der Waals surface area contributed by atoms with Crippen molar-refractivity contribution in [2.24, 2.45) is 0 Å². The average Bonchev–Trinajstić information content (AvgIpc) is 2.54. The van der Waals surface area contributed by atoms with Crippen molar-refractivity contribution in [3.05, 3.63) is 81.8 Å². The minimum Gasteiger partial charge on any atom is -0.0824 e. The Morgan fingerprint density at radius 3 is 1.64 bits per heavy atom. The minimum atomic E-state index is 0.616. The fourth-order valence-electron chi connectivity index (χ4n) is 2.46. The molecule has 0 heterocycles. The van der Waals surface area contributed by atoms with Gasteiger partial charge in [-0.1, -0.05) is 89.4 Å². The lowest BCUT2D eigenvalue weighted by atomic mass is 9.99. The number of rotatable bonds is 2. The summed E-state index contributed by atoms with van der Waals surface area (Å²) in [6, 6.07) is 20.9. The molecule has 0 fully saturated rings. The topological polar surface area (TPSA) is 0 Å². The Bertz CT molecular complexity index is 800. The number of hydrogen-bond donors (Lipinski definition) is 0. The number of aryl methyl sites for hydroxylation is 2. The fourth-order valence-corrected chi connectivity index (χ4v) is 2.94. The molecular formula is C20H16Cl2. The summed E-state index contributed by atoms with van der Waals surface area (Å²) >= 11 is 12.6. The van der Waals surface area contributed by atoms with Crippen LogP contribution in [0.25, 0.3) is 22.3 Å². The maximum Gasteiger partial charge on any atom is 0.0673 e. The van der Waals surface area contributed by atoms with Crippen molar-refractivity contribution in [1.82, 2.24) is 0 Å². The maximum atomic E-state index is 6.38. The lowest BCUT2D eigenvalue weighted by molar-refractivity contribution is 1.46. The quantitative estimate of drug-likeness (QED) is 0.478. The largest absolute Gasteiger partial charge is 0.0824 e. The van der Waals surface area contributed by atoms with E-state index in [0.717, 1.165) is 16.7 Å². The Hall–Kier alpha value is -1.76. The van der Waals surface area contributed by atoms with Crippen molar-refractivity contribution in [2.75, 3.05) is 0 Å². The van der Waals surface area contributed by atoms with E-state index < -0.39 is 0 Å². The summed E-state index contributed by atoms with van der Waals surface area (Å²) in [4.78, 5) is 0. The highest BCUT2D eigenvalue weighted by Crippen LogP contribution is 2.36. The molecule has 0 atom stereocenters. The third-order valence-electron chi connectivity index (χ3n) is 3.86. The molecule has 110 valence electrons. The Labute approximate surface area is 141 Å². The van der Waals surface area contributed by atoms with Crippen LogP contribution in [0.1, 0.15) is 11.1 Å². The van der Waals surface area contributed by atoms with Crippen molar-refractivity contribution in [2.45, 2.75) is 13.8 Å². The van der Waals surface area contributed by atoms with Gasteiger partial charge in [-0.05, 0) is 36.1 Å². The molecule has 0 radical (unpaired) electrons. The first-order valence-corrected chi connectivity index (χ1v) is 7.94. The third-order valence-corrected chi connectivity index (χ3v) is 4.83. The van der Waals surface area contributed by atoms with Crippen LogP contribution in [0.4, 0.5) is 0 Å². The van der Waals surface area contributed by atoms with Crippen LogP contribution in [0.5, 0.6) is 0 Å². The van der Waals surface area contributed by atoms with Gasteiger partial charge in [0.25, 0.3) is 0 Å². The molecule has 3 aromatic carbocycles. The fraction of sp³-hybridized carbons (Fsp3) is 0.100. The van der Waals surface area contributed by atoms with Gasteiger partial charge in [0.15, 0.2) is 0 Å². The standard InChI is InChI=1S/C20H16Cl2/c1-13-3-6-15(7-4-13)16-8-10-17(11-9-16)18-12-5-14(2)19(21)20(18)22/h3-12H,1-2H3. The molecule has 0 N–H and O–H groups in total. The normalized spacial score (nSPS) is 10.7. The van der Waals surface area contributed by atoms with E-state index in [9.17, 15) is 0 Å². The van der Waals surface area contributed by atoms with E-state index in [1.165, 1.54) is 16.7 Å². The number of benzene rings is 3. The van der Waals surface area contributed by atoms with Crippen LogP contribution >= 0.6 is 23.2 Å². The van der Waals surface area contributed by atoms with Crippen LogP contribution < -0.4 is 0 Å². The average molecular weight is 327 g/mol. The molecule has 0 nitrogen and oxygen atoms in total. The summed E-state index contributed by atoms with van der Waals surface area (Å²) in [7, 11) is 0. The zero-order chi connectivity index (χ0) is 15.7. The second kappa shape index (κ2) is 6.16. The first-order chi connectivity index (χ1) is 10.6. The predicted octanol–water partition coefficient (Wildman–Crippen LogP) is 6.94. The van der Waals surface area contributed by atoms with Crippen LogP contribution in [-0.4, -0.2) is 0 Å². The third kappa shape index (κ3) is 2.90. The summed E-state index contributed by atoms with van der Waals surface area (Å²) < 4.78 is 0. The molecule has 0 aliphatic carbocycles. The van der Waals surface area contributed by atoms with Crippen LogP contribution in [-0.2, 0) is 0 Å². The van der Waals surface area contributed by atoms with Crippen LogP contribution in [0.2, 0.25) is 10.0 Å². The summed E-state index contributed by atoms with van der Waals surface area (Å²) in [5, 5.41) is 1.24. The number of hydrogen-bond acceptors (Lipinski definition) is 0. The Morgan fingerprint density at radius 2 is 1.05 bits per heavy atom. The molecule has 0 saturated carbocycles. The second-order valence-electron chi connectivity index (χ2n) is 5.50. The molecule has 3 aromatic rings. The summed E-state index contributed by atoms with van der Waals surface area (Å²) in [6.45, 7) is 4.05. The van der Waals surface area contributed by atoms with Crippen molar-refractivity contribution < 1.29 is 0 Å². The summed E-state index contributed by atoms with van der Waals surface area (Å²) in [5.41, 5.74) is 6.70. The lowest BCUT2D eigenvalue weighted by Crippen LogP contribution is -1.85. The van der Waals surface area contributed by atoms with Gasteiger partial charge in [-0.3, -0.25) is 0 Å². The van der Waals surface area contributed by atoms with Crippen molar-refractivity contribution in [1.29, 1.82) is 0 Å². The molecule has 0 aromatic heterocycles. The van der Waals surface area contributed by atoms with Gasteiger partial charge < -0.3 is 0 Å². The van der Waals surface area contributed by atoms with E-state index in [0.29, 0.717) is 10.0 Å².